The number of H-pyrrole nitrogens is 1. The first-order valence-electron chi connectivity index (χ1n) is 8.81. The van der Waals surface area contributed by atoms with Crippen molar-refractivity contribution >= 4 is 16.8 Å². The summed E-state index contributed by atoms with van der Waals surface area (Å²) in [4.78, 5) is 18.0. The molecule has 2 heterocycles. The average Bonchev–Trinajstić information content (AvgIpc) is 3.10. The van der Waals surface area contributed by atoms with Crippen LogP contribution in [0, 0.1) is 5.41 Å². The Labute approximate surface area is 141 Å². The molecule has 5 heteroatoms. The Morgan fingerprint density at radius 1 is 1.38 bits per heavy atom. The number of ether oxygens (including phenoxy) is 1. The van der Waals surface area contributed by atoms with Crippen molar-refractivity contribution in [1.29, 1.82) is 0 Å². The first-order chi connectivity index (χ1) is 11.7. The maximum Gasteiger partial charge on any atom is 0.255 e. The number of aromatic amines is 1. The van der Waals surface area contributed by atoms with Crippen molar-refractivity contribution in [2.24, 2.45) is 5.41 Å². The lowest BCUT2D eigenvalue weighted by Crippen LogP contribution is -2.62. The third kappa shape index (κ3) is 2.26. The van der Waals surface area contributed by atoms with Gasteiger partial charge in [-0.3, -0.25) is 4.79 Å². The van der Waals surface area contributed by atoms with Gasteiger partial charge in [0.2, 0.25) is 0 Å². The van der Waals surface area contributed by atoms with Crippen LogP contribution in [0.2, 0.25) is 0 Å². The van der Waals surface area contributed by atoms with Gasteiger partial charge in [-0.25, -0.2) is 0 Å². The number of piperidine rings is 1. The predicted octanol–water partition coefficient (Wildman–Crippen LogP) is 2.56. The van der Waals surface area contributed by atoms with Crippen molar-refractivity contribution in [1.82, 2.24) is 9.88 Å². The third-order valence-corrected chi connectivity index (χ3v) is 5.91. The number of para-hydroxylation sites is 1. The summed E-state index contributed by atoms with van der Waals surface area (Å²) < 4.78 is 5.80. The van der Waals surface area contributed by atoms with Gasteiger partial charge in [-0.1, -0.05) is 12.1 Å². The molecule has 2 unspecified atom stereocenters. The molecule has 2 aliphatic rings. The first kappa shape index (κ1) is 15.7. The van der Waals surface area contributed by atoms with Crippen LogP contribution >= 0.6 is 0 Å². The molecule has 1 spiro atoms. The van der Waals surface area contributed by atoms with Gasteiger partial charge >= 0.3 is 0 Å². The number of benzene rings is 1. The monoisotopic (exact) mass is 328 g/mol. The first-order valence-corrected chi connectivity index (χ1v) is 8.81. The van der Waals surface area contributed by atoms with Gasteiger partial charge in [0, 0.05) is 43.1 Å². The molecule has 128 valence electrons. The summed E-state index contributed by atoms with van der Waals surface area (Å²) in [5, 5.41) is 11.3. The molecule has 1 amide bonds. The van der Waals surface area contributed by atoms with E-state index < -0.39 is 0 Å². The standard InChI is InChI=1S/C19H24N2O3/c1-2-24-16-12-15(22)19(16)7-10-21(11-8-19)18(23)14-5-3-4-13-6-9-20-17(13)14/h3-6,9,15-16,20,22H,2,7-8,10-12H2,1H3. The van der Waals surface area contributed by atoms with Crippen molar-refractivity contribution in [2.75, 3.05) is 19.7 Å². The number of nitrogens with zero attached hydrogens (tertiary/aromatic N) is 1. The number of hydrogen-bond donors (Lipinski definition) is 2. The molecule has 1 aliphatic heterocycles. The Hall–Kier alpha value is -1.85. The van der Waals surface area contributed by atoms with Gasteiger partial charge in [0.25, 0.3) is 5.91 Å². The fourth-order valence-electron chi connectivity index (χ4n) is 4.38. The zero-order chi connectivity index (χ0) is 16.7. The van der Waals surface area contributed by atoms with Gasteiger partial charge in [0.1, 0.15) is 0 Å². The SMILES string of the molecule is CCOC1CC(O)C12CCN(C(=O)c1cccc3cc[nH]c13)CC2. The van der Waals surface area contributed by atoms with E-state index in [1.54, 1.807) is 0 Å². The molecule has 2 N–H and O–H groups in total. The topological polar surface area (TPSA) is 65.6 Å². The van der Waals surface area contributed by atoms with Crippen LogP contribution in [0.1, 0.15) is 36.5 Å². The van der Waals surface area contributed by atoms with Crippen molar-refractivity contribution in [3.05, 3.63) is 36.0 Å². The molecule has 0 radical (unpaired) electrons. The number of amides is 1. The fourth-order valence-corrected chi connectivity index (χ4v) is 4.38. The highest BCUT2D eigenvalue weighted by molar-refractivity contribution is 6.05. The van der Waals surface area contributed by atoms with Gasteiger partial charge in [-0.2, -0.15) is 0 Å². The van der Waals surface area contributed by atoms with Gasteiger partial charge in [0.05, 0.1) is 23.3 Å². The summed E-state index contributed by atoms with van der Waals surface area (Å²) in [6.07, 6.45) is 4.06. The Bertz CT molecular complexity index is 744. The summed E-state index contributed by atoms with van der Waals surface area (Å²) in [6.45, 7) is 4.03. The van der Waals surface area contributed by atoms with E-state index in [0.29, 0.717) is 19.7 Å². The van der Waals surface area contributed by atoms with Crippen LogP contribution in [0.5, 0.6) is 0 Å². The molecule has 0 bridgehead atoms. The molecule has 2 atom stereocenters. The van der Waals surface area contributed by atoms with Crippen LogP contribution in [0.15, 0.2) is 30.5 Å². The fraction of sp³-hybridized carbons (Fsp3) is 0.526. The maximum absolute atomic E-state index is 12.9. The highest BCUT2D eigenvalue weighted by Crippen LogP contribution is 2.51. The van der Waals surface area contributed by atoms with Crippen LogP contribution in [0.4, 0.5) is 0 Å². The molecule has 1 aromatic heterocycles. The molecule has 5 nitrogen and oxygen atoms in total. The lowest BCUT2D eigenvalue weighted by atomic mass is 9.58. The number of aliphatic hydroxyl groups excluding tert-OH is 1. The number of rotatable bonds is 3. The number of carbonyl (C=O) groups excluding carboxylic acids is 1. The molecule has 2 fully saturated rings. The van der Waals surface area contributed by atoms with E-state index in [2.05, 4.69) is 4.98 Å². The number of likely N-dealkylation sites (tertiary alicyclic amines) is 1. The predicted molar refractivity (Wildman–Crippen MR) is 91.9 cm³/mol. The Morgan fingerprint density at radius 2 is 2.17 bits per heavy atom. The summed E-state index contributed by atoms with van der Waals surface area (Å²) in [6, 6.07) is 7.79. The minimum atomic E-state index is -0.293. The van der Waals surface area contributed by atoms with Crippen LogP contribution in [0.25, 0.3) is 10.9 Å². The summed E-state index contributed by atoms with van der Waals surface area (Å²) in [5.74, 6) is 0.0691. The lowest BCUT2D eigenvalue weighted by Gasteiger charge is -2.56. The zero-order valence-electron chi connectivity index (χ0n) is 14.0. The normalized spacial score (nSPS) is 25.8. The maximum atomic E-state index is 12.9. The van der Waals surface area contributed by atoms with E-state index in [-0.39, 0.29) is 23.5 Å². The molecule has 1 aromatic carbocycles. The number of nitrogens with one attached hydrogen (secondary N) is 1. The van der Waals surface area contributed by atoms with E-state index in [0.717, 1.165) is 35.7 Å². The van der Waals surface area contributed by atoms with E-state index in [9.17, 15) is 9.90 Å². The van der Waals surface area contributed by atoms with E-state index in [1.165, 1.54) is 0 Å². The second-order valence-corrected chi connectivity index (χ2v) is 6.97. The second kappa shape index (κ2) is 5.90. The number of aromatic nitrogens is 1. The van der Waals surface area contributed by atoms with E-state index >= 15 is 0 Å². The highest BCUT2D eigenvalue weighted by Gasteiger charge is 2.56. The van der Waals surface area contributed by atoms with Crippen LogP contribution in [0.3, 0.4) is 0 Å². The summed E-state index contributed by atoms with van der Waals surface area (Å²) in [7, 11) is 0. The van der Waals surface area contributed by atoms with E-state index in [4.69, 9.17) is 4.74 Å². The van der Waals surface area contributed by atoms with Crippen molar-refractivity contribution < 1.29 is 14.6 Å². The Balaban J connectivity index is 1.50. The van der Waals surface area contributed by atoms with Crippen molar-refractivity contribution in [3.8, 4) is 0 Å². The molecular formula is C19H24N2O3. The lowest BCUT2D eigenvalue weighted by molar-refractivity contribution is -0.207. The number of fused-ring (bicyclic) bond motifs is 1. The summed E-state index contributed by atoms with van der Waals surface area (Å²) in [5.41, 5.74) is 1.48. The molecule has 1 saturated carbocycles. The number of carbonyl (C=O) groups is 1. The van der Waals surface area contributed by atoms with Crippen LogP contribution in [-0.2, 0) is 4.74 Å². The molecule has 1 aliphatic carbocycles. The second-order valence-electron chi connectivity index (χ2n) is 6.97. The molecule has 24 heavy (non-hydrogen) atoms. The highest BCUT2D eigenvalue weighted by atomic mass is 16.5. The minimum absolute atomic E-state index is 0.0691. The molecular weight excluding hydrogens is 304 g/mol. The molecule has 1 saturated heterocycles. The smallest absolute Gasteiger partial charge is 0.255 e. The molecule has 2 aromatic rings. The largest absolute Gasteiger partial charge is 0.392 e. The van der Waals surface area contributed by atoms with Gasteiger partial charge in [-0.05, 0) is 31.9 Å². The van der Waals surface area contributed by atoms with Crippen molar-refractivity contribution in [3.63, 3.8) is 0 Å². The van der Waals surface area contributed by atoms with E-state index in [1.807, 2.05) is 42.3 Å². The van der Waals surface area contributed by atoms with Gasteiger partial charge in [-0.15, -0.1) is 0 Å². The van der Waals surface area contributed by atoms with Crippen LogP contribution < -0.4 is 0 Å². The van der Waals surface area contributed by atoms with Crippen molar-refractivity contribution in [2.45, 2.75) is 38.4 Å². The Morgan fingerprint density at radius 3 is 2.88 bits per heavy atom. The number of aliphatic hydroxyl groups is 1. The molecule has 4 rings (SSSR count). The quantitative estimate of drug-likeness (QED) is 0.910. The summed E-state index contributed by atoms with van der Waals surface area (Å²) >= 11 is 0. The van der Waals surface area contributed by atoms with Gasteiger partial charge < -0.3 is 19.7 Å². The third-order valence-electron chi connectivity index (χ3n) is 5.91. The average molecular weight is 328 g/mol. The number of hydrogen-bond acceptors (Lipinski definition) is 3. The minimum Gasteiger partial charge on any atom is -0.392 e. The Kier molecular flexibility index (Phi) is 3.85. The zero-order valence-corrected chi connectivity index (χ0v) is 14.0. The van der Waals surface area contributed by atoms with Crippen LogP contribution in [-0.4, -0.2) is 52.8 Å². The van der Waals surface area contributed by atoms with Gasteiger partial charge in [0.15, 0.2) is 0 Å².